The van der Waals surface area contributed by atoms with Gasteiger partial charge in [-0.2, -0.15) is 0 Å². The molecule has 0 saturated carbocycles. The van der Waals surface area contributed by atoms with E-state index >= 15 is 0 Å². The van der Waals surface area contributed by atoms with Gasteiger partial charge in [-0.15, -0.1) is 0 Å². The van der Waals surface area contributed by atoms with Crippen molar-refractivity contribution < 1.29 is 0 Å². The Morgan fingerprint density at radius 1 is 1.15 bits per heavy atom. The van der Waals surface area contributed by atoms with Gasteiger partial charge in [0.05, 0.1) is 4.95 Å². The van der Waals surface area contributed by atoms with Gasteiger partial charge in [0.15, 0.2) is 0 Å². The molecule has 1 nitrogen and oxygen atoms in total. The van der Waals surface area contributed by atoms with Crippen LogP contribution in [0.15, 0.2) is 0 Å². The monoisotopic (exact) mass is 279 g/mol. The van der Waals surface area contributed by atoms with Crippen LogP contribution in [0.5, 0.6) is 0 Å². The highest BCUT2D eigenvalue weighted by molar-refractivity contribution is 9.09. The van der Waals surface area contributed by atoms with Gasteiger partial charge in [-0.05, 0) is 18.5 Å². The molecule has 0 bridgehead atoms. The van der Waals surface area contributed by atoms with Crippen LogP contribution >= 0.6 is 15.9 Å². The molecule has 1 atom stereocenters. The summed E-state index contributed by atoms with van der Waals surface area (Å²) in [5, 5.41) is 0. The maximum atomic E-state index is 3.85. The number of alkyl halides is 1. The average molecular weight is 280 g/mol. The van der Waals surface area contributed by atoms with Crippen molar-refractivity contribution in [1.29, 1.82) is 0 Å². The largest absolute Gasteiger partial charge is 0.334 e. The van der Waals surface area contributed by atoms with Crippen LogP contribution in [0.3, 0.4) is 0 Å². The van der Waals surface area contributed by atoms with E-state index < -0.39 is 16.5 Å². The summed E-state index contributed by atoms with van der Waals surface area (Å²) in [4.78, 5) is 0.651. The molecule has 1 fully saturated rings. The number of rotatable bonds is 2. The van der Waals surface area contributed by atoms with Crippen molar-refractivity contribution in [3.05, 3.63) is 0 Å². The quantitative estimate of drug-likeness (QED) is 0.422. The van der Waals surface area contributed by atoms with Crippen molar-refractivity contribution in [3.8, 4) is 0 Å². The van der Waals surface area contributed by atoms with E-state index in [4.69, 9.17) is 0 Å². The molecule has 1 heterocycles. The summed E-state index contributed by atoms with van der Waals surface area (Å²) in [7, 11) is -2.08. The molecule has 78 valence electrons. The van der Waals surface area contributed by atoms with E-state index in [1.165, 1.54) is 18.5 Å². The van der Waals surface area contributed by atoms with E-state index in [9.17, 15) is 0 Å². The number of hydrogen-bond donors (Lipinski definition) is 0. The van der Waals surface area contributed by atoms with Crippen LogP contribution in [-0.4, -0.2) is 25.7 Å². The molecule has 0 spiro atoms. The Balaban J connectivity index is 2.87. The van der Waals surface area contributed by atoms with Crippen molar-refractivity contribution >= 4 is 32.4 Å². The Morgan fingerprint density at radius 3 is 1.85 bits per heavy atom. The van der Waals surface area contributed by atoms with E-state index in [-0.39, 0.29) is 0 Å². The topological polar surface area (TPSA) is 3.24 Å². The van der Waals surface area contributed by atoms with Crippen molar-refractivity contribution in [3.63, 3.8) is 0 Å². The molecule has 0 N–H and O–H groups in total. The molecular weight excluding hydrogens is 258 g/mol. The van der Waals surface area contributed by atoms with Crippen molar-refractivity contribution in [2.24, 2.45) is 0 Å². The first kappa shape index (κ1) is 11.9. The average Bonchev–Trinajstić information content (AvgIpc) is 2.20. The fourth-order valence-corrected chi connectivity index (χ4v) is 20.4. The minimum Gasteiger partial charge on any atom is -0.334 e. The van der Waals surface area contributed by atoms with Gasteiger partial charge < -0.3 is 4.23 Å². The Morgan fingerprint density at radius 2 is 1.54 bits per heavy atom. The standard InChI is InChI=1S/C9H22BrNSi2/c1-6-9(10)11-12(2,3)7-8-13(11,4)5/h9H,6-8H2,1-5H3. The van der Waals surface area contributed by atoms with Crippen molar-refractivity contribution in [2.75, 3.05) is 0 Å². The zero-order chi connectivity index (χ0) is 10.3. The lowest BCUT2D eigenvalue weighted by Gasteiger charge is -2.42. The number of hydrogen-bond acceptors (Lipinski definition) is 1. The lowest BCUT2D eigenvalue weighted by Crippen LogP contribution is -2.57. The molecule has 1 aliphatic rings. The third-order valence-electron chi connectivity index (χ3n) is 3.27. The molecule has 1 rings (SSSR count). The van der Waals surface area contributed by atoms with Crippen LogP contribution < -0.4 is 0 Å². The molecule has 0 aromatic heterocycles. The molecule has 0 aromatic carbocycles. The SMILES string of the molecule is CCC(Br)N1[Si](C)(C)CC[Si]1(C)C. The molecule has 13 heavy (non-hydrogen) atoms. The Kier molecular flexibility index (Phi) is 3.49. The summed E-state index contributed by atoms with van der Waals surface area (Å²) < 4.78 is 2.90. The van der Waals surface area contributed by atoms with Gasteiger partial charge in [0.1, 0.15) is 16.5 Å². The van der Waals surface area contributed by atoms with Gasteiger partial charge in [0.2, 0.25) is 0 Å². The van der Waals surface area contributed by atoms with E-state index in [1.54, 1.807) is 0 Å². The summed E-state index contributed by atoms with van der Waals surface area (Å²) in [6.45, 7) is 12.4. The lowest BCUT2D eigenvalue weighted by molar-refractivity contribution is 0.576. The predicted octanol–water partition coefficient (Wildman–Crippen LogP) is 3.84. The molecule has 0 amide bonds. The lowest BCUT2D eigenvalue weighted by atomic mass is 10.5. The van der Waals surface area contributed by atoms with Crippen LogP contribution in [0.4, 0.5) is 0 Å². The zero-order valence-corrected chi connectivity index (χ0v) is 13.1. The van der Waals surface area contributed by atoms with Crippen LogP contribution in [0, 0.1) is 0 Å². The van der Waals surface area contributed by atoms with Crippen LogP contribution in [-0.2, 0) is 0 Å². The first-order chi connectivity index (χ1) is 5.81. The number of halogens is 1. The summed E-state index contributed by atoms with van der Waals surface area (Å²) in [6, 6.07) is 3.02. The van der Waals surface area contributed by atoms with Gasteiger partial charge in [-0.1, -0.05) is 49.0 Å². The smallest absolute Gasteiger partial charge is 0.116 e. The molecule has 4 heteroatoms. The minimum atomic E-state index is -1.04. The highest BCUT2D eigenvalue weighted by Crippen LogP contribution is 2.40. The van der Waals surface area contributed by atoms with Gasteiger partial charge in [0.25, 0.3) is 0 Å². The summed E-state index contributed by atoms with van der Waals surface area (Å²) in [6.07, 6.45) is 1.24. The van der Waals surface area contributed by atoms with E-state index in [0.29, 0.717) is 4.95 Å². The first-order valence-electron chi connectivity index (χ1n) is 5.25. The van der Waals surface area contributed by atoms with Crippen molar-refractivity contribution in [1.82, 2.24) is 4.23 Å². The van der Waals surface area contributed by atoms with Crippen molar-refractivity contribution in [2.45, 2.75) is 56.6 Å². The predicted molar refractivity (Wildman–Crippen MR) is 69.4 cm³/mol. The van der Waals surface area contributed by atoms with E-state index in [2.05, 4.69) is 53.3 Å². The van der Waals surface area contributed by atoms with E-state index in [0.717, 1.165) is 0 Å². The molecule has 1 aliphatic heterocycles. The van der Waals surface area contributed by atoms with Crippen LogP contribution in [0.1, 0.15) is 13.3 Å². The van der Waals surface area contributed by atoms with Gasteiger partial charge in [-0.25, -0.2) is 0 Å². The Bertz CT molecular complexity index is 178. The molecular formula is C9H22BrNSi2. The summed E-state index contributed by atoms with van der Waals surface area (Å²) >= 11 is 3.85. The maximum Gasteiger partial charge on any atom is 0.116 e. The molecule has 0 aromatic rings. The minimum absolute atomic E-state index is 0.651. The second-order valence-corrected chi connectivity index (χ2v) is 16.1. The summed E-state index contributed by atoms with van der Waals surface area (Å²) in [5.74, 6) is 0. The second-order valence-electron chi connectivity index (χ2n) is 5.34. The fourth-order valence-electron chi connectivity index (χ4n) is 2.61. The Hall–Kier alpha value is 0.874. The van der Waals surface area contributed by atoms with Crippen LogP contribution in [0.2, 0.25) is 38.3 Å². The summed E-state index contributed by atoms with van der Waals surface area (Å²) in [5.41, 5.74) is 0. The van der Waals surface area contributed by atoms with Gasteiger partial charge in [0, 0.05) is 0 Å². The Labute approximate surface area is 93.2 Å². The second kappa shape index (κ2) is 3.79. The number of nitrogens with zero attached hydrogens (tertiary/aromatic N) is 1. The van der Waals surface area contributed by atoms with E-state index in [1.807, 2.05) is 0 Å². The normalized spacial score (nSPS) is 29.1. The maximum absolute atomic E-state index is 3.85. The fraction of sp³-hybridized carbons (Fsp3) is 1.00. The molecule has 1 unspecified atom stereocenters. The molecule has 1 saturated heterocycles. The molecule has 0 aliphatic carbocycles. The van der Waals surface area contributed by atoms with Gasteiger partial charge in [-0.3, -0.25) is 0 Å². The van der Waals surface area contributed by atoms with Gasteiger partial charge >= 0.3 is 0 Å². The zero-order valence-electron chi connectivity index (χ0n) is 9.52. The third kappa shape index (κ3) is 2.27. The first-order valence-corrected chi connectivity index (χ1v) is 12.5. The highest BCUT2D eigenvalue weighted by atomic mass is 79.9. The highest BCUT2D eigenvalue weighted by Gasteiger charge is 2.49. The van der Waals surface area contributed by atoms with Crippen LogP contribution in [0.25, 0.3) is 0 Å². The third-order valence-corrected chi connectivity index (χ3v) is 15.4. The molecule has 0 radical (unpaired) electrons.